The van der Waals surface area contributed by atoms with Crippen molar-refractivity contribution in [3.63, 3.8) is 0 Å². The molecule has 1 saturated carbocycles. The van der Waals surface area contributed by atoms with Crippen LogP contribution in [0.1, 0.15) is 18.5 Å². The van der Waals surface area contributed by atoms with E-state index in [1.165, 1.54) is 19.4 Å². The molecule has 1 aromatic heterocycles. The van der Waals surface area contributed by atoms with Crippen molar-refractivity contribution < 1.29 is 0 Å². The van der Waals surface area contributed by atoms with Crippen LogP contribution in [0.25, 0.3) is 0 Å². The Morgan fingerprint density at radius 2 is 2.25 bits per heavy atom. The van der Waals surface area contributed by atoms with Crippen molar-refractivity contribution in [1.29, 1.82) is 0 Å². The molecule has 0 aromatic carbocycles. The lowest BCUT2D eigenvalue weighted by Crippen LogP contribution is -2.32. The molecule has 2 rings (SSSR count). The van der Waals surface area contributed by atoms with Crippen LogP contribution in [0, 0.1) is 5.41 Å². The molecular formula is C13H21N3. The lowest BCUT2D eigenvalue weighted by Gasteiger charge is -2.23. The second kappa shape index (κ2) is 4.93. The molecule has 1 fully saturated rings. The normalized spacial score (nSPS) is 17.7. The van der Waals surface area contributed by atoms with Gasteiger partial charge in [0.25, 0.3) is 0 Å². The Kier molecular flexibility index (Phi) is 3.56. The van der Waals surface area contributed by atoms with Gasteiger partial charge in [0.15, 0.2) is 0 Å². The van der Waals surface area contributed by atoms with Gasteiger partial charge in [0, 0.05) is 25.8 Å². The quantitative estimate of drug-likeness (QED) is 0.786. The molecule has 0 aliphatic heterocycles. The molecule has 1 aromatic rings. The molecule has 1 aliphatic rings. The van der Waals surface area contributed by atoms with Crippen LogP contribution in [0.3, 0.4) is 0 Å². The zero-order valence-corrected chi connectivity index (χ0v) is 10.2. The Balaban J connectivity index is 1.83. The molecule has 0 amide bonds. The second-order valence-electron chi connectivity index (χ2n) is 5.02. The second-order valence-corrected chi connectivity index (χ2v) is 5.02. The van der Waals surface area contributed by atoms with Gasteiger partial charge in [0.05, 0.1) is 5.69 Å². The molecule has 0 atom stereocenters. The van der Waals surface area contributed by atoms with Gasteiger partial charge in [-0.2, -0.15) is 0 Å². The smallest absolute Gasteiger partial charge is 0.0543 e. The molecule has 3 nitrogen and oxygen atoms in total. The van der Waals surface area contributed by atoms with Gasteiger partial charge in [-0.05, 0) is 44.5 Å². The summed E-state index contributed by atoms with van der Waals surface area (Å²) >= 11 is 0. The lowest BCUT2D eigenvalue weighted by atomic mass is 10.1. The van der Waals surface area contributed by atoms with Crippen LogP contribution < -0.4 is 5.32 Å². The zero-order chi connectivity index (χ0) is 11.4. The van der Waals surface area contributed by atoms with E-state index >= 15 is 0 Å². The molecule has 16 heavy (non-hydrogen) atoms. The highest BCUT2D eigenvalue weighted by molar-refractivity contribution is 5.04. The summed E-state index contributed by atoms with van der Waals surface area (Å²) in [5.41, 5.74) is 1.70. The van der Waals surface area contributed by atoms with E-state index in [0.717, 1.165) is 18.8 Å². The minimum atomic E-state index is 0.540. The number of aromatic nitrogens is 1. The molecule has 88 valence electrons. The Labute approximate surface area is 97.9 Å². The highest BCUT2D eigenvalue weighted by Gasteiger charge is 2.42. The molecule has 1 N–H and O–H groups in total. The summed E-state index contributed by atoms with van der Waals surface area (Å²) in [6, 6.07) is 6.11. The maximum atomic E-state index is 4.36. The monoisotopic (exact) mass is 219 g/mol. The molecule has 1 heterocycles. The van der Waals surface area contributed by atoms with Gasteiger partial charge >= 0.3 is 0 Å². The summed E-state index contributed by atoms with van der Waals surface area (Å²) in [5, 5.41) is 3.30. The number of nitrogens with one attached hydrogen (secondary N) is 1. The molecular weight excluding hydrogens is 198 g/mol. The minimum Gasteiger partial charge on any atom is -0.319 e. The number of hydrogen-bond donors (Lipinski definition) is 1. The fraction of sp³-hybridized carbons (Fsp3) is 0.615. The Morgan fingerprint density at radius 1 is 1.44 bits per heavy atom. The first-order valence-corrected chi connectivity index (χ1v) is 5.97. The van der Waals surface area contributed by atoms with Crippen molar-refractivity contribution in [3.8, 4) is 0 Å². The van der Waals surface area contributed by atoms with Crippen molar-refractivity contribution in [2.45, 2.75) is 19.4 Å². The van der Waals surface area contributed by atoms with Crippen LogP contribution in [-0.4, -0.2) is 37.1 Å². The number of hydrogen-bond acceptors (Lipinski definition) is 3. The van der Waals surface area contributed by atoms with Crippen LogP contribution in [0.4, 0.5) is 0 Å². The van der Waals surface area contributed by atoms with E-state index in [0.29, 0.717) is 5.41 Å². The predicted molar refractivity (Wildman–Crippen MR) is 66.2 cm³/mol. The summed E-state index contributed by atoms with van der Waals surface area (Å²) in [5.74, 6) is 0. The van der Waals surface area contributed by atoms with Gasteiger partial charge in [-0.25, -0.2) is 0 Å². The molecule has 0 bridgehead atoms. The van der Waals surface area contributed by atoms with Crippen molar-refractivity contribution >= 4 is 0 Å². The van der Waals surface area contributed by atoms with Gasteiger partial charge in [0.1, 0.15) is 0 Å². The Bertz CT molecular complexity index is 319. The molecule has 0 saturated heterocycles. The molecule has 0 unspecified atom stereocenters. The highest BCUT2D eigenvalue weighted by atomic mass is 15.1. The standard InChI is InChI=1S/C13H21N3/c1-14-10-13(6-7-13)11-16(2)9-12-5-3-4-8-15-12/h3-5,8,14H,6-7,9-11H2,1-2H3. The predicted octanol–water partition coefficient (Wildman–Crippen LogP) is 1.51. The van der Waals surface area contributed by atoms with E-state index < -0.39 is 0 Å². The SMILES string of the molecule is CNCC1(CN(C)Cc2ccccn2)CC1. The third-order valence-corrected chi connectivity index (χ3v) is 3.27. The van der Waals surface area contributed by atoms with Crippen molar-refractivity contribution in [2.24, 2.45) is 5.41 Å². The van der Waals surface area contributed by atoms with E-state index in [9.17, 15) is 0 Å². The van der Waals surface area contributed by atoms with E-state index in [-0.39, 0.29) is 0 Å². The van der Waals surface area contributed by atoms with Crippen molar-refractivity contribution in [3.05, 3.63) is 30.1 Å². The first-order chi connectivity index (χ1) is 7.74. The van der Waals surface area contributed by atoms with Gasteiger partial charge in [0.2, 0.25) is 0 Å². The van der Waals surface area contributed by atoms with Crippen LogP contribution >= 0.6 is 0 Å². The van der Waals surface area contributed by atoms with Crippen LogP contribution in [0.2, 0.25) is 0 Å². The fourth-order valence-electron chi connectivity index (χ4n) is 2.34. The van der Waals surface area contributed by atoms with Gasteiger partial charge < -0.3 is 5.32 Å². The number of nitrogens with zero attached hydrogens (tertiary/aromatic N) is 2. The topological polar surface area (TPSA) is 28.2 Å². The van der Waals surface area contributed by atoms with Gasteiger partial charge in [-0.1, -0.05) is 6.07 Å². The average Bonchev–Trinajstić information content (AvgIpc) is 2.99. The van der Waals surface area contributed by atoms with E-state index in [2.05, 4.69) is 34.4 Å². The Hall–Kier alpha value is -0.930. The van der Waals surface area contributed by atoms with Crippen LogP contribution in [0.15, 0.2) is 24.4 Å². The largest absolute Gasteiger partial charge is 0.319 e. The summed E-state index contributed by atoms with van der Waals surface area (Å²) in [4.78, 5) is 6.74. The zero-order valence-electron chi connectivity index (χ0n) is 10.2. The van der Waals surface area contributed by atoms with E-state index in [1.54, 1.807) is 0 Å². The third-order valence-electron chi connectivity index (χ3n) is 3.27. The van der Waals surface area contributed by atoms with Crippen molar-refractivity contribution in [1.82, 2.24) is 15.2 Å². The third kappa shape index (κ3) is 3.03. The van der Waals surface area contributed by atoms with Gasteiger partial charge in [-0.15, -0.1) is 0 Å². The minimum absolute atomic E-state index is 0.540. The van der Waals surface area contributed by atoms with Crippen LogP contribution in [0.5, 0.6) is 0 Å². The van der Waals surface area contributed by atoms with E-state index in [4.69, 9.17) is 0 Å². The van der Waals surface area contributed by atoms with Gasteiger partial charge in [-0.3, -0.25) is 9.88 Å². The van der Waals surface area contributed by atoms with Crippen LogP contribution in [-0.2, 0) is 6.54 Å². The maximum absolute atomic E-state index is 4.36. The number of rotatable bonds is 6. The molecule has 1 aliphatic carbocycles. The van der Waals surface area contributed by atoms with E-state index in [1.807, 2.05) is 19.3 Å². The highest BCUT2D eigenvalue weighted by Crippen LogP contribution is 2.45. The summed E-state index contributed by atoms with van der Waals surface area (Å²) in [6.07, 6.45) is 4.59. The lowest BCUT2D eigenvalue weighted by molar-refractivity contribution is 0.250. The van der Waals surface area contributed by atoms with Crippen molar-refractivity contribution in [2.75, 3.05) is 27.2 Å². The average molecular weight is 219 g/mol. The Morgan fingerprint density at radius 3 is 2.81 bits per heavy atom. The number of pyridine rings is 1. The molecule has 3 heteroatoms. The molecule has 0 radical (unpaired) electrons. The fourth-order valence-corrected chi connectivity index (χ4v) is 2.34. The summed E-state index contributed by atoms with van der Waals surface area (Å²) in [6.45, 7) is 3.26. The molecule has 0 spiro atoms. The first kappa shape index (κ1) is 11.6. The maximum Gasteiger partial charge on any atom is 0.0543 e. The first-order valence-electron chi connectivity index (χ1n) is 5.97. The summed E-state index contributed by atoms with van der Waals surface area (Å²) < 4.78 is 0. The summed E-state index contributed by atoms with van der Waals surface area (Å²) in [7, 11) is 4.23.